The standard InChI is InChI=1S/C18H24N2O4/c1-17(19-15(21)13-4-3-5-14(12-13)24-2)6-7-18(17)8-10-20(11-9-18)16(22)23/h3-5,12H,6-11H2,1-2H3,(H,19,21)(H,22,23). The van der Waals surface area contributed by atoms with Gasteiger partial charge in [-0.05, 0) is 56.2 Å². The highest BCUT2D eigenvalue weighted by atomic mass is 16.5. The maximum absolute atomic E-state index is 12.6. The summed E-state index contributed by atoms with van der Waals surface area (Å²) in [5.74, 6) is 0.557. The Morgan fingerprint density at radius 3 is 2.46 bits per heavy atom. The molecule has 1 aromatic rings. The number of piperidine rings is 1. The highest BCUT2D eigenvalue weighted by Crippen LogP contribution is 2.56. The monoisotopic (exact) mass is 332 g/mol. The Morgan fingerprint density at radius 1 is 1.21 bits per heavy atom. The summed E-state index contributed by atoms with van der Waals surface area (Å²) in [6.45, 7) is 3.17. The number of benzene rings is 1. The van der Waals surface area contributed by atoms with Crippen molar-refractivity contribution in [3.63, 3.8) is 0 Å². The van der Waals surface area contributed by atoms with Crippen LogP contribution in [-0.2, 0) is 0 Å². The minimum atomic E-state index is -0.855. The summed E-state index contributed by atoms with van der Waals surface area (Å²) in [6.07, 6.45) is 2.71. The second kappa shape index (κ2) is 6.00. The van der Waals surface area contributed by atoms with Crippen LogP contribution < -0.4 is 10.1 Å². The molecule has 0 bridgehead atoms. The number of likely N-dealkylation sites (tertiary alicyclic amines) is 1. The molecular formula is C18H24N2O4. The van der Waals surface area contributed by atoms with Crippen LogP contribution in [0.3, 0.4) is 0 Å². The van der Waals surface area contributed by atoms with E-state index in [0.29, 0.717) is 24.4 Å². The van der Waals surface area contributed by atoms with E-state index < -0.39 is 6.09 Å². The van der Waals surface area contributed by atoms with Gasteiger partial charge in [0, 0.05) is 24.2 Å². The number of carbonyl (C=O) groups excluding carboxylic acids is 1. The zero-order valence-electron chi connectivity index (χ0n) is 14.2. The first kappa shape index (κ1) is 16.6. The fourth-order valence-corrected chi connectivity index (χ4v) is 4.06. The normalized spacial score (nSPS) is 25.0. The van der Waals surface area contributed by atoms with Gasteiger partial charge in [0.2, 0.25) is 0 Å². The van der Waals surface area contributed by atoms with E-state index in [2.05, 4.69) is 12.2 Å². The lowest BCUT2D eigenvalue weighted by atomic mass is 9.51. The Labute approximate surface area is 141 Å². The van der Waals surface area contributed by atoms with Gasteiger partial charge in [0.1, 0.15) is 5.75 Å². The molecular weight excluding hydrogens is 308 g/mol. The summed E-state index contributed by atoms with van der Waals surface area (Å²) < 4.78 is 5.18. The number of nitrogens with one attached hydrogen (secondary N) is 1. The lowest BCUT2D eigenvalue weighted by Gasteiger charge is -2.61. The Bertz CT molecular complexity index is 652. The van der Waals surface area contributed by atoms with Gasteiger partial charge in [-0.15, -0.1) is 0 Å². The highest BCUT2D eigenvalue weighted by Gasteiger charge is 2.57. The molecule has 1 saturated heterocycles. The number of methoxy groups -OCH3 is 1. The van der Waals surface area contributed by atoms with Crippen LogP contribution in [-0.4, -0.2) is 47.7 Å². The van der Waals surface area contributed by atoms with Crippen molar-refractivity contribution in [3.05, 3.63) is 29.8 Å². The molecule has 1 spiro atoms. The molecule has 1 aliphatic carbocycles. The molecule has 1 aromatic carbocycles. The molecule has 2 N–H and O–H groups in total. The number of amides is 2. The smallest absolute Gasteiger partial charge is 0.407 e. The number of carbonyl (C=O) groups is 2. The molecule has 6 heteroatoms. The number of nitrogens with zero attached hydrogens (tertiary/aromatic N) is 1. The van der Waals surface area contributed by atoms with E-state index in [-0.39, 0.29) is 16.9 Å². The van der Waals surface area contributed by atoms with Crippen LogP contribution in [0.4, 0.5) is 4.79 Å². The summed E-state index contributed by atoms with van der Waals surface area (Å²) >= 11 is 0. The third kappa shape index (κ3) is 2.70. The van der Waals surface area contributed by atoms with Crippen molar-refractivity contribution in [3.8, 4) is 5.75 Å². The van der Waals surface area contributed by atoms with E-state index in [4.69, 9.17) is 9.84 Å². The molecule has 0 aromatic heterocycles. The van der Waals surface area contributed by atoms with Crippen LogP contribution in [0.2, 0.25) is 0 Å². The van der Waals surface area contributed by atoms with Crippen molar-refractivity contribution < 1.29 is 19.4 Å². The largest absolute Gasteiger partial charge is 0.497 e. The molecule has 0 radical (unpaired) electrons. The van der Waals surface area contributed by atoms with Crippen molar-refractivity contribution in [2.24, 2.45) is 5.41 Å². The topological polar surface area (TPSA) is 78.9 Å². The Balaban J connectivity index is 1.70. The van der Waals surface area contributed by atoms with Gasteiger partial charge in [-0.2, -0.15) is 0 Å². The molecule has 1 heterocycles. The summed E-state index contributed by atoms with van der Waals surface area (Å²) in [6, 6.07) is 7.12. The summed E-state index contributed by atoms with van der Waals surface area (Å²) in [7, 11) is 1.58. The van der Waals surface area contributed by atoms with Crippen molar-refractivity contribution >= 4 is 12.0 Å². The number of carboxylic acid groups (broad SMARTS) is 1. The van der Waals surface area contributed by atoms with Gasteiger partial charge in [0.15, 0.2) is 0 Å². The zero-order chi connectivity index (χ0) is 17.4. The molecule has 2 amide bonds. The predicted octanol–water partition coefficient (Wildman–Crippen LogP) is 2.74. The molecule has 2 fully saturated rings. The van der Waals surface area contributed by atoms with Gasteiger partial charge in [-0.25, -0.2) is 4.79 Å². The van der Waals surface area contributed by atoms with Crippen LogP contribution in [0.5, 0.6) is 5.75 Å². The minimum Gasteiger partial charge on any atom is -0.497 e. The number of hydrogen-bond donors (Lipinski definition) is 2. The lowest BCUT2D eigenvalue weighted by molar-refractivity contribution is -0.0590. The van der Waals surface area contributed by atoms with Crippen molar-refractivity contribution in [1.82, 2.24) is 10.2 Å². The molecule has 3 rings (SSSR count). The minimum absolute atomic E-state index is 0.00742. The van der Waals surface area contributed by atoms with Crippen molar-refractivity contribution in [1.29, 1.82) is 0 Å². The first-order valence-electron chi connectivity index (χ1n) is 8.34. The second-order valence-corrected chi connectivity index (χ2v) is 7.07. The van der Waals surface area contributed by atoms with Crippen LogP contribution in [0.25, 0.3) is 0 Å². The molecule has 1 atom stereocenters. The average Bonchev–Trinajstić information content (AvgIpc) is 2.60. The lowest BCUT2D eigenvalue weighted by Crippen LogP contribution is -2.67. The van der Waals surface area contributed by atoms with Gasteiger partial charge < -0.3 is 20.1 Å². The van der Waals surface area contributed by atoms with E-state index in [1.54, 1.807) is 25.3 Å². The first-order chi connectivity index (χ1) is 11.4. The highest BCUT2D eigenvalue weighted by molar-refractivity contribution is 5.95. The molecule has 1 saturated carbocycles. The van der Waals surface area contributed by atoms with E-state index >= 15 is 0 Å². The quantitative estimate of drug-likeness (QED) is 0.892. The maximum Gasteiger partial charge on any atom is 0.407 e. The SMILES string of the molecule is COc1cccc(C(=O)NC2(C)CCC23CCN(C(=O)O)CC3)c1. The van der Waals surface area contributed by atoms with E-state index in [1.807, 2.05) is 6.07 Å². The van der Waals surface area contributed by atoms with E-state index in [1.165, 1.54) is 4.90 Å². The van der Waals surface area contributed by atoms with Gasteiger partial charge in [0.25, 0.3) is 5.91 Å². The van der Waals surface area contributed by atoms with E-state index in [0.717, 1.165) is 25.7 Å². The van der Waals surface area contributed by atoms with Gasteiger partial charge in [0.05, 0.1) is 7.11 Å². The van der Waals surface area contributed by atoms with Crippen molar-refractivity contribution in [2.45, 2.75) is 38.1 Å². The molecule has 6 nitrogen and oxygen atoms in total. The van der Waals surface area contributed by atoms with Crippen LogP contribution in [0.15, 0.2) is 24.3 Å². The molecule has 130 valence electrons. The number of rotatable bonds is 3. The van der Waals surface area contributed by atoms with Gasteiger partial charge >= 0.3 is 6.09 Å². The third-order valence-corrected chi connectivity index (χ3v) is 5.99. The van der Waals surface area contributed by atoms with Gasteiger partial charge in [-0.1, -0.05) is 6.07 Å². The summed E-state index contributed by atoms with van der Waals surface area (Å²) in [4.78, 5) is 25.2. The first-order valence-corrected chi connectivity index (χ1v) is 8.34. The van der Waals surface area contributed by atoms with Gasteiger partial charge in [-0.3, -0.25) is 4.79 Å². The predicted molar refractivity (Wildman–Crippen MR) is 89.4 cm³/mol. The molecule has 1 unspecified atom stereocenters. The maximum atomic E-state index is 12.6. The Hall–Kier alpha value is -2.24. The average molecular weight is 332 g/mol. The number of hydrogen-bond acceptors (Lipinski definition) is 3. The van der Waals surface area contributed by atoms with Crippen molar-refractivity contribution in [2.75, 3.05) is 20.2 Å². The summed E-state index contributed by atoms with van der Waals surface area (Å²) in [5.41, 5.74) is 0.311. The van der Waals surface area contributed by atoms with Crippen LogP contribution in [0, 0.1) is 5.41 Å². The molecule has 1 aliphatic heterocycles. The second-order valence-electron chi connectivity index (χ2n) is 7.07. The zero-order valence-corrected chi connectivity index (χ0v) is 14.2. The van der Waals surface area contributed by atoms with Crippen LogP contribution >= 0.6 is 0 Å². The van der Waals surface area contributed by atoms with E-state index in [9.17, 15) is 9.59 Å². The summed E-state index contributed by atoms with van der Waals surface area (Å²) in [5, 5.41) is 12.3. The Kier molecular flexibility index (Phi) is 4.15. The number of ether oxygens (including phenoxy) is 1. The fourth-order valence-electron chi connectivity index (χ4n) is 4.06. The molecule has 24 heavy (non-hydrogen) atoms. The third-order valence-electron chi connectivity index (χ3n) is 5.99. The van der Waals surface area contributed by atoms with Crippen LogP contribution in [0.1, 0.15) is 43.0 Å². The molecule has 2 aliphatic rings. The Morgan fingerprint density at radius 2 is 1.92 bits per heavy atom. The fraction of sp³-hybridized carbons (Fsp3) is 0.556.